The predicted octanol–water partition coefficient (Wildman–Crippen LogP) is 4.69. The van der Waals surface area contributed by atoms with E-state index < -0.39 is 10.0 Å². The van der Waals surface area contributed by atoms with Gasteiger partial charge in [0, 0.05) is 12.3 Å². The number of sulfonamides is 1. The molecule has 0 spiro atoms. The summed E-state index contributed by atoms with van der Waals surface area (Å²) in [6, 6.07) is 25.4. The summed E-state index contributed by atoms with van der Waals surface area (Å²) in [6.45, 7) is 3.98. The minimum Gasteiger partial charge on any atom is -0.266 e. The molecule has 0 radical (unpaired) electrons. The second-order valence-corrected chi connectivity index (χ2v) is 9.51. The van der Waals surface area contributed by atoms with Crippen molar-refractivity contribution in [3.8, 4) is 5.69 Å². The predicted molar refractivity (Wildman–Crippen MR) is 129 cm³/mol. The first-order chi connectivity index (χ1) is 15.9. The van der Waals surface area contributed by atoms with Crippen molar-refractivity contribution >= 4 is 26.6 Å². The number of fused-ring (bicyclic) bond motifs is 1. The summed E-state index contributed by atoms with van der Waals surface area (Å²) in [7, 11) is -3.87. The van der Waals surface area contributed by atoms with Gasteiger partial charge in [-0.25, -0.2) is 13.1 Å². The Morgan fingerprint density at radius 1 is 0.848 bits per heavy atom. The normalized spacial score (nSPS) is 11.7. The molecule has 2 heterocycles. The van der Waals surface area contributed by atoms with Gasteiger partial charge in [-0.15, -0.1) is 0 Å². The molecule has 0 fully saturated rings. The fourth-order valence-electron chi connectivity index (χ4n) is 4.14. The van der Waals surface area contributed by atoms with E-state index in [0.717, 1.165) is 22.0 Å². The average Bonchev–Trinajstić information content (AvgIpc) is 3.37. The SMILES string of the molecule is Cc1nn(-c2ccccc2)c(C)c1S(=O)(=O)Nc1ccn(Cc2cccc3ccccc23)n1. The molecule has 0 unspecified atom stereocenters. The van der Waals surface area contributed by atoms with Crippen molar-refractivity contribution in [2.24, 2.45) is 0 Å². The van der Waals surface area contributed by atoms with E-state index in [1.54, 1.807) is 35.5 Å². The molecule has 3 aromatic carbocycles. The lowest BCUT2D eigenvalue weighted by Gasteiger charge is -2.08. The third-order valence-electron chi connectivity index (χ3n) is 5.59. The third kappa shape index (κ3) is 4.01. The first-order valence-electron chi connectivity index (χ1n) is 10.6. The van der Waals surface area contributed by atoms with E-state index in [0.29, 0.717) is 17.9 Å². The van der Waals surface area contributed by atoms with Crippen molar-refractivity contribution in [2.75, 3.05) is 4.72 Å². The van der Waals surface area contributed by atoms with Crippen molar-refractivity contribution in [1.82, 2.24) is 19.6 Å². The molecule has 0 aliphatic carbocycles. The van der Waals surface area contributed by atoms with E-state index in [2.05, 4.69) is 39.2 Å². The Kier molecular flexibility index (Phi) is 5.22. The molecule has 5 rings (SSSR count). The van der Waals surface area contributed by atoms with Gasteiger partial charge in [0.15, 0.2) is 5.82 Å². The largest absolute Gasteiger partial charge is 0.266 e. The van der Waals surface area contributed by atoms with E-state index in [-0.39, 0.29) is 10.7 Å². The van der Waals surface area contributed by atoms with Gasteiger partial charge < -0.3 is 0 Å². The maximum absolute atomic E-state index is 13.2. The highest BCUT2D eigenvalue weighted by Gasteiger charge is 2.26. The fourth-order valence-corrected chi connectivity index (χ4v) is 5.53. The molecule has 1 N–H and O–H groups in total. The Balaban J connectivity index is 1.41. The smallest absolute Gasteiger partial charge is 0.266 e. The maximum atomic E-state index is 13.2. The maximum Gasteiger partial charge on any atom is 0.266 e. The van der Waals surface area contributed by atoms with Crippen molar-refractivity contribution < 1.29 is 8.42 Å². The number of benzene rings is 3. The molecule has 0 amide bonds. The molecule has 7 nitrogen and oxygen atoms in total. The molecule has 0 saturated heterocycles. The van der Waals surface area contributed by atoms with Gasteiger partial charge in [-0.2, -0.15) is 10.2 Å². The third-order valence-corrected chi connectivity index (χ3v) is 7.19. The number of aryl methyl sites for hydroxylation is 1. The highest BCUT2D eigenvalue weighted by atomic mass is 32.2. The number of aromatic nitrogens is 4. The zero-order chi connectivity index (χ0) is 23.0. The van der Waals surface area contributed by atoms with Crippen LogP contribution in [-0.2, 0) is 16.6 Å². The molecule has 2 aromatic heterocycles. The van der Waals surface area contributed by atoms with Crippen LogP contribution < -0.4 is 4.72 Å². The lowest BCUT2D eigenvalue weighted by molar-refractivity contribution is 0.599. The molecule has 166 valence electrons. The second kappa shape index (κ2) is 8.22. The van der Waals surface area contributed by atoms with Crippen LogP contribution >= 0.6 is 0 Å². The first-order valence-corrected chi connectivity index (χ1v) is 12.1. The summed E-state index contributed by atoms with van der Waals surface area (Å²) in [4.78, 5) is 0.162. The van der Waals surface area contributed by atoms with Crippen LogP contribution in [0.15, 0.2) is 90.0 Å². The highest BCUT2D eigenvalue weighted by Crippen LogP contribution is 2.25. The van der Waals surface area contributed by atoms with Gasteiger partial charge in [-0.1, -0.05) is 60.7 Å². The molecule has 0 atom stereocenters. The Morgan fingerprint density at radius 2 is 1.58 bits per heavy atom. The molecular weight excluding hydrogens is 434 g/mol. The van der Waals surface area contributed by atoms with Crippen LogP contribution in [0.25, 0.3) is 16.5 Å². The number of hydrogen-bond donors (Lipinski definition) is 1. The van der Waals surface area contributed by atoms with E-state index >= 15 is 0 Å². The molecular formula is C25H23N5O2S. The van der Waals surface area contributed by atoms with Gasteiger partial charge in [0.1, 0.15) is 4.90 Å². The van der Waals surface area contributed by atoms with E-state index in [1.807, 2.05) is 48.5 Å². The lowest BCUT2D eigenvalue weighted by atomic mass is 10.0. The fraction of sp³-hybridized carbons (Fsp3) is 0.120. The monoisotopic (exact) mass is 457 g/mol. The summed E-state index contributed by atoms with van der Waals surface area (Å²) in [5, 5.41) is 11.2. The molecule has 5 aromatic rings. The summed E-state index contributed by atoms with van der Waals surface area (Å²) in [5.41, 5.74) is 2.89. The number of rotatable bonds is 6. The van der Waals surface area contributed by atoms with E-state index in [9.17, 15) is 8.42 Å². The Hall–Kier alpha value is -3.91. The Morgan fingerprint density at radius 3 is 2.39 bits per heavy atom. The minimum absolute atomic E-state index is 0.162. The van der Waals surface area contributed by atoms with Crippen LogP contribution in [-0.4, -0.2) is 28.0 Å². The van der Waals surface area contributed by atoms with Gasteiger partial charge in [0.2, 0.25) is 0 Å². The number of nitrogens with one attached hydrogen (secondary N) is 1. The summed E-state index contributed by atoms with van der Waals surface area (Å²) < 4.78 is 32.4. The van der Waals surface area contributed by atoms with E-state index in [1.165, 1.54) is 0 Å². The van der Waals surface area contributed by atoms with Crippen LogP contribution in [0.3, 0.4) is 0 Å². The van der Waals surface area contributed by atoms with Crippen LogP contribution in [0.2, 0.25) is 0 Å². The Labute approximate surface area is 192 Å². The molecule has 0 bridgehead atoms. The first kappa shape index (κ1) is 21.0. The summed E-state index contributed by atoms with van der Waals surface area (Å²) >= 11 is 0. The number of hydrogen-bond acceptors (Lipinski definition) is 4. The van der Waals surface area contributed by atoms with Gasteiger partial charge in [-0.05, 0) is 42.3 Å². The van der Waals surface area contributed by atoms with Crippen LogP contribution in [0.1, 0.15) is 17.0 Å². The molecule has 0 aliphatic rings. The van der Waals surface area contributed by atoms with Crippen LogP contribution in [0, 0.1) is 13.8 Å². The van der Waals surface area contributed by atoms with Gasteiger partial charge in [0.25, 0.3) is 10.0 Å². The number of nitrogens with zero attached hydrogens (tertiary/aromatic N) is 4. The van der Waals surface area contributed by atoms with Crippen molar-refractivity contribution in [3.05, 3.63) is 102 Å². The Bertz CT molecular complexity index is 1550. The summed E-state index contributed by atoms with van der Waals surface area (Å²) in [5.74, 6) is 0.265. The quantitative estimate of drug-likeness (QED) is 0.401. The zero-order valence-corrected chi connectivity index (χ0v) is 19.1. The standard InChI is InChI=1S/C25H23N5O2S/c1-18-25(19(2)30(26-18)22-12-4-3-5-13-22)33(31,32)28-24-15-16-29(27-24)17-21-11-8-10-20-9-6-7-14-23(20)21/h3-16H,17H2,1-2H3,(H,27,28). The summed E-state index contributed by atoms with van der Waals surface area (Å²) in [6.07, 6.45) is 1.77. The molecule has 8 heteroatoms. The van der Waals surface area contributed by atoms with Crippen molar-refractivity contribution in [2.45, 2.75) is 25.3 Å². The topological polar surface area (TPSA) is 81.8 Å². The van der Waals surface area contributed by atoms with Crippen molar-refractivity contribution in [1.29, 1.82) is 0 Å². The lowest BCUT2D eigenvalue weighted by Crippen LogP contribution is -2.15. The van der Waals surface area contributed by atoms with Gasteiger partial charge in [0.05, 0.1) is 23.6 Å². The van der Waals surface area contributed by atoms with Gasteiger partial charge in [-0.3, -0.25) is 9.40 Å². The zero-order valence-electron chi connectivity index (χ0n) is 18.3. The second-order valence-electron chi connectivity index (χ2n) is 7.89. The number of para-hydroxylation sites is 1. The minimum atomic E-state index is -3.87. The van der Waals surface area contributed by atoms with Gasteiger partial charge >= 0.3 is 0 Å². The molecule has 33 heavy (non-hydrogen) atoms. The highest BCUT2D eigenvalue weighted by molar-refractivity contribution is 7.92. The molecule has 0 saturated carbocycles. The van der Waals surface area contributed by atoms with E-state index in [4.69, 9.17) is 0 Å². The van der Waals surface area contributed by atoms with Crippen LogP contribution in [0.5, 0.6) is 0 Å². The average molecular weight is 458 g/mol. The van der Waals surface area contributed by atoms with Crippen LogP contribution in [0.4, 0.5) is 5.82 Å². The molecule has 0 aliphatic heterocycles. The number of anilines is 1. The van der Waals surface area contributed by atoms with Crippen molar-refractivity contribution in [3.63, 3.8) is 0 Å².